The maximum absolute atomic E-state index is 11.0. The molecule has 1 unspecified atom stereocenters. The quantitative estimate of drug-likeness (QED) is 0.453. The zero-order chi connectivity index (χ0) is 7.82. The average Bonchev–Trinajstić information content (AvgIpc) is 1.98. The second-order valence-corrected chi connectivity index (χ2v) is 2.68. The van der Waals surface area contributed by atoms with E-state index in [-0.39, 0.29) is 0 Å². The molecule has 0 N–H and O–H groups in total. The molecule has 0 heterocycles. The van der Waals surface area contributed by atoms with Crippen LogP contribution in [-0.4, -0.2) is 6.61 Å². The predicted octanol–water partition coefficient (Wildman–Crippen LogP) is 2.75. The van der Waals surface area contributed by atoms with Crippen LogP contribution in [-0.2, 0) is 13.8 Å². The highest BCUT2D eigenvalue weighted by atomic mass is 31.1. The van der Waals surface area contributed by atoms with Crippen LogP contribution in [0.1, 0.15) is 26.2 Å². The maximum atomic E-state index is 11.0. The van der Waals surface area contributed by atoms with Gasteiger partial charge in [0.25, 0.3) is 0 Å². The normalized spacial score (nSPS) is 11.6. The fourth-order valence-corrected chi connectivity index (χ4v) is 0.829. The fraction of sp³-hybridized carbons (Fsp3) is 1.00. The van der Waals surface area contributed by atoms with Crippen molar-refractivity contribution in [1.82, 2.24) is 0 Å². The van der Waals surface area contributed by atoms with E-state index in [4.69, 9.17) is 0 Å². The molecule has 60 valence electrons. The Morgan fingerprint density at radius 3 is 2.70 bits per heavy atom. The number of unbranched alkanes of at least 4 members (excludes halogenated alkanes) is 2. The van der Waals surface area contributed by atoms with Crippen LogP contribution in [0.4, 0.5) is 4.53 Å². The lowest BCUT2D eigenvalue weighted by atomic mass is 10.3. The zero-order valence-electron chi connectivity index (χ0n) is 5.88. The molecular formula is C5H11FO3P+. The first-order valence-corrected chi connectivity index (χ1v) is 4.29. The molecule has 3 nitrogen and oxygen atoms in total. The van der Waals surface area contributed by atoms with Gasteiger partial charge >= 0.3 is 8.25 Å². The van der Waals surface area contributed by atoms with Crippen molar-refractivity contribution in [3.8, 4) is 0 Å². The molecule has 0 aliphatic carbocycles. The number of hydrogen-bond donors (Lipinski definition) is 0. The van der Waals surface area contributed by atoms with Crippen molar-refractivity contribution in [1.29, 1.82) is 0 Å². The van der Waals surface area contributed by atoms with Gasteiger partial charge in [-0.3, -0.25) is 0 Å². The van der Waals surface area contributed by atoms with Gasteiger partial charge in [0.15, 0.2) is 0 Å². The Morgan fingerprint density at radius 1 is 1.50 bits per heavy atom. The molecule has 1 atom stereocenters. The van der Waals surface area contributed by atoms with Crippen molar-refractivity contribution in [2.75, 3.05) is 6.61 Å². The summed E-state index contributed by atoms with van der Waals surface area (Å²) >= 11 is 0. The summed E-state index contributed by atoms with van der Waals surface area (Å²) in [6.45, 7) is 2.33. The summed E-state index contributed by atoms with van der Waals surface area (Å²) in [7, 11) is -2.51. The lowest BCUT2D eigenvalue weighted by Crippen LogP contribution is -1.85. The van der Waals surface area contributed by atoms with E-state index >= 15 is 0 Å². The summed E-state index contributed by atoms with van der Waals surface area (Å²) in [5, 5.41) is 0. The Kier molecular flexibility index (Phi) is 7.03. The highest BCUT2D eigenvalue weighted by molar-refractivity contribution is 7.33. The molecular weight excluding hydrogens is 158 g/mol. The molecule has 0 fully saturated rings. The first-order valence-electron chi connectivity index (χ1n) is 3.20. The number of halogens is 1. The Bertz CT molecular complexity index is 98.9. The minimum atomic E-state index is -2.51. The van der Waals surface area contributed by atoms with Gasteiger partial charge in [-0.15, -0.1) is 4.52 Å². The Labute approximate surface area is 60.4 Å². The first kappa shape index (κ1) is 9.95. The van der Waals surface area contributed by atoms with Crippen LogP contribution in [0.15, 0.2) is 0 Å². The molecule has 10 heavy (non-hydrogen) atoms. The van der Waals surface area contributed by atoms with Gasteiger partial charge in [-0.1, -0.05) is 19.8 Å². The van der Waals surface area contributed by atoms with Gasteiger partial charge in [0.05, 0.1) is 0 Å². The molecule has 0 rings (SSSR count). The standard InChI is InChI=1S/C5H11FO3P/c1-2-3-4-5-8-10(7)9-6/h2-5H2,1H3/q+1. The van der Waals surface area contributed by atoms with Crippen LogP contribution in [0.2, 0.25) is 0 Å². The third-order valence-electron chi connectivity index (χ3n) is 1.00. The van der Waals surface area contributed by atoms with Crippen molar-refractivity contribution in [2.24, 2.45) is 0 Å². The van der Waals surface area contributed by atoms with Crippen molar-refractivity contribution >= 4 is 8.25 Å². The molecule has 0 aromatic rings. The molecule has 0 radical (unpaired) electrons. The highest BCUT2D eigenvalue weighted by Crippen LogP contribution is 2.23. The Hall–Kier alpha value is -0.0500. The topological polar surface area (TPSA) is 35.5 Å². The summed E-state index contributed by atoms with van der Waals surface area (Å²) in [5.41, 5.74) is 0. The lowest BCUT2D eigenvalue weighted by Gasteiger charge is -1.88. The minimum Gasteiger partial charge on any atom is -0.117 e. The third kappa shape index (κ3) is 6.08. The molecule has 0 aromatic carbocycles. The monoisotopic (exact) mass is 169 g/mol. The van der Waals surface area contributed by atoms with Gasteiger partial charge in [-0.25, -0.2) is 0 Å². The van der Waals surface area contributed by atoms with E-state index in [0.717, 1.165) is 19.3 Å². The van der Waals surface area contributed by atoms with Crippen molar-refractivity contribution in [3.05, 3.63) is 0 Å². The van der Waals surface area contributed by atoms with Crippen molar-refractivity contribution in [3.63, 3.8) is 0 Å². The van der Waals surface area contributed by atoms with Crippen LogP contribution in [0.3, 0.4) is 0 Å². The molecule has 0 aliphatic heterocycles. The summed E-state index contributed by atoms with van der Waals surface area (Å²) in [6.07, 6.45) is 2.84. The molecule has 0 saturated carbocycles. The number of rotatable bonds is 6. The number of hydrogen-bond acceptors (Lipinski definition) is 3. The van der Waals surface area contributed by atoms with E-state index in [1.807, 2.05) is 6.92 Å². The van der Waals surface area contributed by atoms with E-state index in [9.17, 15) is 9.09 Å². The second kappa shape index (κ2) is 7.06. The maximum Gasteiger partial charge on any atom is 0.732 e. The van der Waals surface area contributed by atoms with Crippen LogP contribution < -0.4 is 0 Å². The van der Waals surface area contributed by atoms with Gasteiger partial charge in [0.1, 0.15) is 11.3 Å². The van der Waals surface area contributed by atoms with E-state index in [2.05, 4.69) is 9.25 Å². The van der Waals surface area contributed by atoms with Crippen LogP contribution >= 0.6 is 8.25 Å². The Balaban J connectivity index is 2.96. The van der Waals surface area contributed by atoms with Crippen LogP contribution in [0.25, 0.3) is 0 Å². The molecule has 0 aromatic heterocycles. The van der Waals surface area contributed by atoms with E-state index in [1.54, 1.807) is 0 Å². The summed E-state index contributed by atoms with van der Waals surface area (Å²) in [4.78, 5) is 0. The van der Waals surface area contributed by atoms with E-state index in [0.29, 0.717) is 6.61 Å². The van der Waals surface area contributed by atoms with Gasteiger partial charge in [-0.2, -0.15) is 0 Å². The minimum absolute atomic E-state index is 0.299. The lowest BCUT2D eigenvalue weighted by molar-refractivity contribution is -0.0161. The van der Waals surface area contributed by atoms with Gasteiger partial charge in [-0.05, 0) is 6.42 Å². The van der Waals surface area contributed by atoms with Gasteiger partial charge < -0.3 is 0 Å². The molecule has 0 aliphatic rings. The first-order chi connectivity index (χ1) is 4.81. The van der Waals surface area contributed by atoms with Crippen LogP contribution in [0, 0.1) is 0 Å². The van der Waals surface area contributed by atoms with E-state index < -0.39 is 8.25 Å². The molecule has 0 saturated heterocycles. The van der Waals surface area contributed by atoms with E-state index in [1.165, 1.54) is 0 Å². The molecule has 5 heteroatoms. The van der Waals surface area contributed by atoms with Crippen molar-refractivity contribution < 1.29 is 18.3 Å². The average molecular weight is 169 g/mol. The molecule has 0 bridgehead atoms. The fourth-order valence-electron chi connectivity index (χ4n) is 0.511. The van der Waals surface area contributed by atoms with Gasteiger partial charge in [0, 0.05) is 9.09 Å². The zero-order valence-corrected chi connectivity index (χ0v) is 6.77. The highest BCUT2D eigenvalue weighted by Gasteiger charge is 2.19. The Morgan fingerprint density at radius 2 is 2.20 bits per heavy atom. The predicted molar refractivity (Wildman–Crippen MR) is 35.3 cm³/mol. The summed E-state index contributed by atoms with van der Waals surface area (Å²) < 4.78 is 28.4. The van der Waals surface area contributed by atoms with Crippen LogP contribution in [0.5, 0.6) is 0 Å². The largest absolute Gasteiger partial charge is 0.732 e. The summed E-state index contributed by atoms with van der Waals surface area (Å²) in [6, 6.07) is 0. The second-order valence-electron chi connectivity index (χ2n) is 1.83. The smallest absolute Gasteiger partial charge is 0.117 e. The molecule has 0 spiro atoms. The molecule has 0 amide bonds. The van der Waals surface area contributed by atoms with Gasteiger partial charge in [0.2, 0.25) is 0 Å². The third-order valence-corrected chi connectivity index (χ3v) is 1.51. The SMILES string of the molecule is CCCCCO[P+](=O)OF. The van der Waals surface area contributed by atoms with Crippen molar-refractivity contribution in [2.45, 2.75) is 26.2 Å². The summed E-state index contributed by atoms with van der Waals surface area (Å²) in [5.74, 6) is 0.